The van der Waals surface area contributed by atoms with E-state index in [1.807, 2.05) is 0 Å². The molecule has 1 aliphatic rings. The van der Waals surface area contributed by atoms with Gasteiger partial charge in [0.05, 0.1) is 0 Å². The number of carbonyl (C=O) groups excluding carboxylic acids is 1. The SMILES string of the molecule is CCC1CCC(C(=O)c2ccnc(Cl)c2)CC1. The summed E-state index contributed by atoms with van der Waals surface area (Å²) in [5.74, 6) is 1.25. The normalized spacial score (nSPS) is 24.6. The maximum atomic E-state index is 12.3. The first kappa shape index (κ1) is 12.6. The summed E-state index contributed by atoms with van der Waals surface area (Å²) in [5, 5.41) is 0.401. The fraction of sp³-hybridized carbons (Fsp3) is 0.571. The van der Waals surface area contributed by atoms with Crippen molar-refractivity contribution in [1.29, 1.82) is 0 Å². The van der Waals surface area contributed by atoms with E-state index >= 15 is 0 Å². The van der Waals surface area contributed by atoms with Crippen LogP contribution in [0.1, 0.15) is 49.4 Å². The lowest BCUT2D eigenvalue weighted by Crippen LogP contribution is -2.21. The summed E-state index contributed by atoms with van der Waals surface area (Å²) >= 11 is 5.81. The first-order chi connectivity index (χ1) is 8.20. The zero-order valence-electron chi connectivity index (χ0n) is 10.2. The predicted octanol–water partition coefficient (Wildman–Crippen LogP) is 4.13. The molecule has 0 spiro atoms. The van der Waals surface area contributed by atoms with E-state index in [1.54, 1.807) is 18.3 Å². The Morgan fingerprint density at radius 3 is 2.71 bits per heavy atom. The highest BCUT2D eigenvalue weighted by Gasteiger charge is 2.26. The molecule has 2 rings (SSSR count). The molecule has 1 aromatic rings. The fourth-order valence-corrected chi connectivity index (χ4v) is 2.80. The van der Waals surface area contributed by atoms with Crippen LogP contribution in [0.3, 0.4) is 0 Å². The van der Waals surface area contributed by atoms with Gasteiger partial charge in [0.25, 0.3) is 0 Å². The quantitative estimate of drug-likeness (QED) is 0.597. The summed E-state index contributed by atoms with van der Waals surface area (Å²) in [6.07, 6.45) is 7.27. The first-order valence-electron chi connectivity index (χ1n) is 6.36. The molecule has 1 aromatic heterocycles. The monoisotopic (exact) mass is 251 g/mol. The minimum atomic E-state index is 0.191. The molecule has 17 heavy (non-hydrogen) atoms. The van der Waals surface area contributed by atoms with Gasteiger partial charge in [0, 0.05) is 17.7 Å². The van der Waals surface area contributed by atoms with Gasteiger partial charge in [-0.3, -0.25) is 4.79 Å². The third-order valence-corrected chi connectivity index (χ3v) is 4.01. The first-order valence-corrected chi connectivity index (χ1v) is 6.74. The summed E-state index contributed by atoms with van der Waals surface area (Å²) in [4.78, 5) is 16.2. The molecule has 0 bridgehead atoms. The third kappa shape index (κ3) is 3.06. The summed E-state index contributed by atoms with van der Waals surface area (Å²) in [6, 6.07) is 3.44. The molecule has 1 fully saturated rings. The van der Waals surface area contributed by atoms with E-state index in [0.29, 0.717) is 10.7 Å². The molecule has 0 N–H and O–H groups in total. The van der Waals surface area contributed by atoms with Gasteiger partial charge in [-0.25, -0.2) is 4.98 Å². The van der Waals surface area contributed by atoms with E-state index in [2.05, 4.69) is 11.9 Å². The highest BCUT2D eigenvalue weighted by molar-refractivity contribution is 6.29. The lowest BCUT2D eigenvalue weighted by Gasteiger charge is -2.26. The van der Waals surface area contributed by atoms with E-state index in [-0.39, 0.29) is 11.7 Å². The average molecular weight is 252 g/mol. The number of carbonyl (C=O) groups is 1. The van der Waals surface area contributed by atoms with Crippen LogP contribution in [0.4, 0.5) is 0 Å². The van der Waals surface area contributed by atoms with Crippen molar-refractivity contribution in [3.63, 3.8) is 0 Å². The number of aromatic nitrogens is 1. The molecule has 92 valence electrons. The molecule has 0 saturated heterocycles. The molecule has 0 unspecified atom stereocenters. The molecule has 0 aliphatic heterocycles. The number of nitrogens with zero attached hydrogens (tertiary/aromatic N) is 1. The van der Waals surface area contributed by atoms with Crippen LogP contribution < -0.4 is 0 Å². The number of ketones is 1. The Kier molecular flexibility index (Phi) is 4.16. The molecule has 3 heteroatoms. The highest BCUT2D eigenvalue weighted by atomic mass is 35.5. The molecule has 2 nitrogen and oxygen atoms in total. The number of Topliss-reactive ketones (excluding diaryl/α,β-unsaturated/α-hetero) is 1. The third-order valence-electron chi connectivity index (χ3n) is 3.81. The molecular formula is C14H18ClNO. The predicted molar refractivity (Wildman–Crippen MR) is 69.3 cm³/mol. The van der Waals surface area contributed by atoms with Crippen LogP contribution in [-0.2, 0) is 0 Å². The minimum Gasteiger partial charge on any atom is -0.294 e. The van der Waals surface area contributed by atoms with Gasteiger partial charge in [-0.2, -0.15) is 0 Å². The second-order valence-corrected chi connectivity index (χ2v) is 5.24. The number of hydrogen-bond donors (Lipinski definition) is 0. The van der Waals surface area contributed by atoms with Crippen LogP contribution >= 0.6 is 11.6 Å². The van der Waals surface area contributed by atoms with Crippen molar-refractivity contribution in [2.24, 2.45) is 11.8 Å². The van der Waals surface area contributed by atoms with Crippen LogP contribution in [0.5, 0.6) is 0 Å². The van der Waals surface area contributed by atoms with Crippen molar-refractivity contribution in [2.75, 3.05) is 0 Å². The van der Waals surface area contributed by atoms with Crippen LogP contribution in [-0.4, -0.2) is 10.8 Å². The number of hydrogen-bond acceptors (Lipinski definition) is 2. The van der Waals surface area contributed by atoms with E-state index in [1.165, 1.54) is 19.3 Å². The highest BCUT2D eigenvalue weighted by Crippen LogP contribution is 2.32. The summed E-state index contributed by atoms with van der Waals surface area (Å²) in [7, 11) is 0. The van der Waals surface area contributed by atoms with Gasteiger partial charge in [0.1, 0.15) is 5.15 Å². The lowest BCUT2D eigenvalue weighted by molar-refractivity contribution is 0.0871. The van der Waals surface area contributed by atoms with Crippen LogP contribution in [0.25, 0.3) is 0 Å². The molecular weight excluding hydrogens is 234 g/mol. The number of rotatable bonds is 3. The van der Waals surface area contributed by atoms with Crippen LogP contribution in [0.2, 0.25) is 5.15 Å². The summed E-state index contributed by atoms with van der Waals surface area (Å²) < 4.78 is 0. The zero-order valence-corrected chi connectivity index (χ0v) is 10.9. The van der Waals surface area contributed by atoms with Crippen molar-refractivity contribution in [1.82, 2.24) is 4.98 Å². The van der Waals surface area contributed by atoms with Gasteiger partial charge < -0.3 is 0 Å². The van der Waals surface area contributed by atoms with Crippen molar-refractivity contribution >= 4 is 17.4 Å². The van der Waals surface area contributed by atoms with Gasteiger partial charge in [-0.05, 0) is 43.7 Å². The Hall–Kier alpha value is -0.890. The molecule has 1 saturated carbocycles. The largest absolute Gasteiger partial charge is 0.294 e. The standard InChI is InChI=1S/C14H18ClNO/c1-2-10-3-5-11(6-4-10)14(17)12-7-8-16-13(15)9-12/h7-11H,2-6H2,1H3. The molecule has 1 heterocycles. The molecule has 0 radical (unpaired) electrons. The smallest absolute Gasteiger partial charge is 0.166 e. The summed E-state index contributed by atoms with van der Waals surface area (Å²) in [6.45, 7) is 2.23. The Bertz CT molecular complexity index is 397. The molecule has 0 amide bonds. The Morgan fingerprint density at radius 2 is 2.12 bits per heavy atom. The second-order valence-electron chi connectivity index (χ2n) is 4.86. The van der Waals surface area contributed by atoms with E-state index in [4.69, 9.17) is 11.6 Å². The maximum Gasteiger partial charge on any atom is 0.166 e. The van der Waals surface area contributed by atoms with E-state index in [9.17, 15) is 4.79 Å². The second kappa shape index (κ2) is 5.63. The molecule has 0 atom stereocenters. The van der Waals surface area contributed by atoms with Crippen molar-refractivity contribution in [3.05, 3.63) is 29.0 Å². The van der Waals surface area contributed by atoms with Gasteiger partial charge >= 0.3 is 0 Å². The van der Waals surface area contributed by atoms with Crippen LogP contribution in [0.15, 0.2) is 18.3 Å². The topological polar surface area (TPSA) is 30.0 Å². The zero-order chi connectivity index (χ0) is 12.3. The minimum absolute atomic E-state index is 0.191. The van der Waals surface area contributed by atoms with Gasteiger partial charge in [-0.1, -0.05) is 24.9 Å². The van der Waals surface area contributed by atoms with Crippen LogP contribution in [0, 0.1) is 11.8 Å². The maximum absolute atomic E-state index is 12.3. The number of pyridine rings is 1. The summed E-state index contributed by atoms with van der Waals surface area (Å²) in [5.41, 5.74) is 0.713. The van der Waals surface area contributed by atoms with Gasteiger partial charge in [-0.15, -0.1) is 0 Å². The number of halogens is 1. The van der Waals surface area contributed by atoms with Crippen molar-refractivity contribution in [2.45, 2.75) is 39.0 Å². The Balaban J connectivity index is 2.02. The van der Waals surface area contributed by atoms with Gasteiger partial charge in [0.2, 0.25) is 0 Å². The Morgan fingerprint density at radius 1 is 1.41 bits per heavy atom. The van der Waals surface area contributed by atoms with Gasteiger partial charge in [0.15, 0.2) is 5.78 Å². The molecule has 1 aliphatic carbocycles. The Labute approximate surface area is 107 Å². The lowest BCUT2D eigenvalue weighted by atomic mass is 9.78. The molecule has 0 aromatic carbocycles. The fourth-order valence-electron chi connectivity index (χ4n) is 2.62. The average Bonchev–Trinajstić information content (AvgIpc) is 2.38. The van der Waals surface area contributed by atoms with Crippen molar-refractivity contribution < 1.29 is 4.79 Å². The van der Waals surface area contributed by atoms with E-state index in [0.717, 1.165) is 18.8 Å². The van der Waals surface area contributed by atoms with E-state index < -0.39 is 0 Å². The van der Waals surface area contributed by atoms with Crippen molar-refractivity contribution in [3.8, 4) is 0 Å².